The van der Waals surface area contributed by atoms with Gasteiger partial charge in [0.15, 0.2) is 0 Å². The number of amides is 6. The Morgan fingerprint density at radius 2 is 1.53 bits per heavy atom. The molecule has 1 unspecified atom stereocenters. The van der Waals surface area contributed by atoms with E-state index in [1.807, 2.05) is 37.4 Å². The number of alkyl halides is 3. The lowest BCUT2D eigenvalue weighted by Gasteiger charge is -2.35. The summed E-state index contributed by atoms with van der Waals surface area (Å²) in [6.07, 6.45) is -3.29. The molecular weight excluding hydrogens is 886 g/mol. The van der Waals surface area contributed by atoms with Gasteiger partial charge in [0.25, 0.3) is 17.7 Å². The van der Waals surface area contributed by atoms with E-state index in [-0.39, 0.29) is 36.3 Å². The van der Waals surface area contributed by atoms with Gasteiger partial charge in [-0.1, -0.05) is 30.3 Å². The molecule has 17 nitrogen and oxygen atoms in total. The minimum atomic E-state index is -4.91. The number of hydrogen-bond donors (Lipinski definition) is 5. The van der Waals surface area contributed by atoms with Gasteiger partial charge in [-0.3, -0.25) is 53.6 Å². The summed E-state index contributed by atoms with van der Waals surface area (Å²) in [4.78, 5) is 101. The van der Waals surface area contributed by atoms with E-state index < -0.39 is 58.4 Å². The summed E-state index contributed by atoms with van der Waals surface area (Å²) >= 11 is 0. The zero-order valence-corrected chi connectivity index (χ0v) is 37.5. The van der Waals surface area contributed by atoms with Crippen molar-refractivity contribution in [3.05, 3.63) is 111 Å². The highest BCUT2D eigenvalue weighted by atomic mass is 19.4. The van der Waals surface area contributed by atoms with Crippen molar-refractivity contribution in [2.24, 2.45) is 0 Å². The molecule has 1 atom stereocenters. The van der Waals surface area contributed by atoms with Crippen LogP contribution in [0.5, 0.6) is 0 Å². The van der Waals surface area contributed by atoms with Gasteiger partial charge in [0, 0.05) is 109 Å². The lowest BCUT2D eigenvalue weighted by molar-refractivity contribution is -0.138. The van der Waals surface area contributed by atoms with Gasteiger partial charge in [-0.25, -0.2) is 0 Å². The lowest BCUT2D eigenvalue weighted by atomic mass is 10.0. The largest absolute Gasteiger partial charge is 0.417 e. The number of likely N-dealkylation sites (N-methyl/N-ethyl adjacent to an activating group) is 1. The second kappa shape index (κ2) is 20.5. The molecule has 8 rings (SSSR count). The standard InChI is InChI=1S/C48H53F3N10O7/c1-57-17-23-60(24-18-57)38-11-10-32(26-37(38)55-44(65)34-28-54-42(64)27-35(34)48(49,50)51)31-6-2-5-30(25-31)29-59-21-19-58(20-22-59)16-15-53-40(62)9-4-14-52-36-8-3-7-33-43(36)47(68)61(46(33)67)39-12-13-41(63)56-45(39)66/h2-3,5-8,10-11,25-28,39,52H,4,9,12-24,29H2,1H3,(H,53,62)(H,54,64)(H,55,65)(H,56,63,66). The third-order valence-electron chi connectivity index (χ3n) is 12.8. The molecule has 1 aromatic heterocycles. The molecule has 4 aromatic rings. The van der Waals surface area contributed by atoms with Gasteiger partial charge >= 0.3 is 6.18 Å². The molecule has 5 heterocycles. The van der Waals surface area contributed by atoms with Crippen LogP contribution in [0.3, 0.4) is 0 Å². The Balaban J connectivity index is 0.800. The van der Waals surface area contributed by atoms with Crippen LogP contribution in [0, 0.1) is 0 Å². The topological polar surface area (TPSA) is 200 Å². The van der Waals surface area contributed by atoms with Crippen molar-refractivity contribution in [1.29, 1.82) is 0 Å². The number of anilines is 3. The summed E-state index contributed by atoms with van der Waals surface area (Å²) < 4.78 is 41.7. The molecule has 6 amide bonds. The van der Waals surface area contributed by atoms with Crippen molar-refractivity contribution in [1.82, 2.24) is 35.2 Å². The third-order valence-corrected chi connectivity index (χ3v) is 12.8. The number of imide groups is 2. The molecule has 68 heavy (non-hydrogen) atoms. The zero-order valence-electron chi connectivity index (χ0n) is 37.5. The smallest absolute Gasteiger partial charge is 0.384 e. The number of hydrogen-bond acceptors (Lipinski definition) is 12. The van der Waals surface area contributed by atoms with Crippen molar-refractivity contribution in [2.75, 3.05) is 94.6 Å². The average molecular weight is 939 g/mol. The summed E-state index contributed by atoms with van der Waals surface area (Å²) in [6, 6.07) is 17.8. The molecule has 20 heteroatoms. The Hall–Kier alpha value is -6.90. The van der Waals surface area contributed by atoms with Crippen LogP contribution in [0.2, 0.25) is 0 Å². The van der Waals surface area contributed by atoms with Crippen LogP contribution in [-0.4, -0.2) is 145 Å². The van der Waals surface area contributed by atoms with E-state index >= 15 is 0 Å². The fraction of sp³-hybridized carbons (Fsp3) is 0.396. The molecule has 0 bridgehead atoms. The molecule has 4 aliphatic rings. The Morgan fingerprint density at radius 3 is 2.28 bits per heavy atom. The number of aromatic nitrogens is 1. The van der Waals surface area contributed by atoms with Crippen LogP contribution in [0.4, 0.5) is 30.2 Å². The van der Waals surface area contributed by atoms with Crippen molar-refractivity contribution in [2.45, 2.75) is 44.4 Å². The van der Waals surface area contributed by atoms with Crippen LogP contribution in [-0.2, 0) is 27.1 Å². The van der Waals surface area contributed by atoms with Crippen molar-refractivity contribution < 1.29 is 41.9 Å². The minimum Gasteiger partial charge on any atom is -0.384 e. The summed E-state index contributed by atoms with van der Waals surface area (Å²) in [5.74, 6) is -3.39. The van der Waals surface area contributed by atoms with Gasteiger partial charge in [0.1, 0.15) is 6.04 Å². The number of fused-ring (bicyclic) bond motifs is 1. The number of pyridine rings is 1. The minimum absolute atomic E-state index is 0.0331. The highest BCUT2D eigenvalue weighted by Crippen LogP contribution is 2.36. The second-order valence-corrected chi connectivity index (χ2v) is 17.5. The van der Waals surface area contributed by atoms with E-state index in [9.17, 15) is 46.7 Å². The highest BCUT2D eigenvalue weighted by Gasteiger charge is 2.45. The number of nitrogens with zero attached hydrogens (tertiary/aromatic N) is 5. The normalized spacial score (nSPS) is 18.4. The Bertz CT molecular complexity index is 2660. The van der Waals surface area contributed by atoms with E-state index in [2.05, 4.69) is 51.9 Å². The third kappa shape index (κ3) is 10.9. The summed E-state index contributed by atoms with van der Waals surface area (Å²) in [5, 5.41) is 11.1. The first-order chi connectivity index (χ1) is 32.6. The van der Waals surface area contributed by atoms with Crippen LogP contribution in [0.15, 0.2) is 77.7 Å². The number of carbonyl (C=O) groups is 6. The molecule has 0 saturated carbocycles. The van der Waals surface area contributed by atoms with E-state index in [1.54, 1.807) is 18.2 Å². The number of piperidine rings is 1. The number of rotatable bonds is 15. The molecule has 5 N–H and O–H groups in total. The summed E-state index contributed by atoms with van der Waals surface area (Å²) in [5.41, 5.74) is 1.60. The van der Waals surface area contributed by atoms with E-state index in [4.69, 9.17) is 0 Å². The van der Waals surface area contributed by atoms with Gasteiger partial charge in [0.05, 0.1) is 33.6 Å². The van der Waals surface area contributed by atoms with Crippen molar-refractivity contribution in [3.63, 3.8) is 0 Å². The maximum Gasteiger partial charge on any atom is 0.417 e. The van der Waals surface area contributed by atoms with Crippen LogP contribution >= 0.6 is 0 Å². The molecule has 4 aliphatic heterocycles. The number of nitrogens with one attached hydrogen (secondary N) is 5. The molecule has 3 aromatic carbocycles. The van der Waals surface area contributed by atoms with Gasteiger partial charge < -0.3 is 30.7 Å². The Kier molecular flexibility index (Phi) is 14.4. The number of carbonyl (C=O) groups excluding carboxylic acids is 6. The van der Waals surface area contributed by atoms with Crippen LogP contribution < -0.4 is 31.7 Å². The maximum absolute atomic E-state index is 13.9. The van der Waals surface area contributed by atoms with E-state index in [1.165, 1.54) is 6.07 Å². The van der Waals surface area contributed by atoms with Crippen LogP contribution in [0.1, 0.15) is 67.9 Å². The second-order valence-electron chi connectivity index (χ2n) is 17.5. The summed E-state index contributed by atoms with van der Waals surface area (Å²) in [7, 11) is 2.01. The van der Waals surface area contributed by atoms with Crippen LogP contribution in [0.25, 0.3) is 11.1 Å². The monoisotopic (exact) mass is 938 g/mol. The number of aromatic amines is 1. The van der Waals surface area contributed by atoms with Gasteiger partial charge in [0.2, 0.25) is 23.3 Å². The van der Waals surface area contributed by atoms with Gasteiger partial charge in [-0.15, -0.1) is 0 Å². The Morgan fingerprint density at radius 1 is 0.794 bits per heavy atom. The number of H-pyrrole nitrogens is 1. The molecule has 0 aliphatic carbocycles. The fourth-order valence-electron chi connectivity index (χ4n) is 9.08. The first-order valence-electron chi connectivity index (χ1n) is 22.7. The number of halogens is 3. The molecular formula is C48H53F3N10O7. The fourth-order valence-corrected chi connectivity index (χ4v) is 9.08. The van der Waals surface area contributed by atoms with Crippen molar-refractivity contribution in [3.8, 4) is 11.1 Å². The molecule has 0 spiro atoms. The predicted octanol–water partition coefficient (Wildman–Crippen LogP) is 3.59. The molecule has 3 fully saturated rings. The zero-order chi connectivity index (χ0) is 48.1. The lowest BCUT2D eigenvalue weighted by Crippen LogP contribution is -2.54. The number of piperazine rings is 2. The molecule has 358 valence electrons. The summed E-state index contributed by atoms with van der Waals surface area (Å²) in [6.45, 7) is 8.34. The predicted molar refractivity (Wildman–Crippen MR) is 247 cm³/mol. The first-order valence-corrected chi connectivity index (χ1v) is 22.7. The highest BCUT2D eigenvalue weighted by molar-refractivity contribution is 6.25. The van der Waals surface area contributed by atoms with E-state index in [0.29, 0.717) is 68.8 Å². The van der Waals surface area contributed by atoms with Crippen molar-refractivity contribution >= 4 is 52.5 Å². The molecule has 3 saturated heterocycles. The quantitative estimate of drug-likeness (QED) is 0.0860. The van der Waals surface area contributed by atoms with E-state index in [0.717, 1.165) is 67.1 Å². The SMILES string of the molecule is CN1CCN(c2ccc(-c3cccc(CN4CCN(CCNC(=O)CCCNc5cccc6c5C(=O)N(C5CCC(=O)NC5=O)C6=O)CC4)c3)cc2NC(=O)c2c[nH]c(=O)cc2C(F)(F)F)CC1. The van der Waals surface area contributed by atoms with Gasteiger partial charge in [-0.05, 0) is 66.9 Å². The maximum atomic E-state index is 13.9. The average Bonchev–Trinajstić information content (AvgIpc) is 3.57. The molecule has 0 radical (unpaired) electrons. The Labute approximate surface area is 390 Å². The first kappa shape index (κ1) is 47.6. The number of benzene rings is 3. The van der Waals surface area contributed by atoms with Gasteiger partial charge in [-0.2, -0.15) is 13.2 Å².